The number of aliphatic hydroxyl groups is 4. The number of rotatable bonds is 24. The number of nitrogens with two attached hydrogens (primary N) is 2. The van der Waals surface area contributed by atoms with Gasteiger partial charge in [-0.1, -0.05) is 102 Å². The second-order valence-electron chi connectivity index (χ2n) is 13.2. The smallest absolute Gasteiger partial charge is 0.0633 e. The maximum Gasteiger partial charge on any atom is 0.0633 e. The van der Waals surface area contributed by atoms with Crippen LogP contribution >= 0.6 is 45.2 Å². The van der Waals surface area contributed by atoms with Gasteiger partial charge in [-0.15, -0.1) is 0 Å². The molecule has 0 spiro atoms. The predicted molar refractivity (Wildman–Crippen MR) is 211 cm³/mol. The number of unbranched alkanes of at least 4 members (excludes halogenated alkanes) is 10. The van der Waals surface area contributed by atoms with E-state index in [0.29, 0.717) is 12.8 Å². The van der Waals surface area contributed by atoms with E-state index >= 15 is 0 Å². The van der Waals surface area contributed by atoms with Gasteiger partial charge in [0.1, 0.15) is 0 Å². The Morgan fingerprint density at radius 3 is 1.30 bits per heavy atom. The molecule has 264 valence electrons. The molecular formula is C38H64I2N2O4. The third-order valence-electron chi connectivity index (χ3n) is 8.92. The van der Waals surface area contributed by atoms with E-state index in [4.69, 9.17) is 11.5 Å². The molecule has 0 aliphatic rings. The lowest BCUT2D eigenvalue weighted by molar-refractivity contribution is 0.114. The van der Waals surface area contributed by atoms with Crippen molar-refractivity contribution in [2.45, 2.75) is 141 Å². The van der Waals surface area contributed by atoms with E-state index in [1.54, 1.807) is 0 Å². The Labute approximate surface area is 307 Å². The van der Waals surface area contributed by atoms with Gasteiger partial charge in [-0.25, -0.2) is 0 Å². The summed E-state index contributed by atoms with van der Waals surface area (Å²) in [7, 11) is 0. The van der Waals surface area contributed by atoms with Gasteiger partial charge in [-0.3, -0.25) is 0 Å². The van der Waals surface area contributed by atoms with Crippen molar-refractivity contribution in [1.29, 1.82) is 0 Å². The van der Waals surface area contributed by atoms with Crippen LogP contribution in [0.25, 0.3) is 0 Å². The van der Waals surface area contributed by atoms with Crippen LogP contribution < -0.4 is 11.5 Å². The van der Waals surface area contributed by atoms with Crippen molar-refractivity contribution in [3.63, 3.8) is 0 Å². The highest BCUT2D eigenvalue weighted by atomic mass is 127. The Bertz CT molecular complexity index is 1060. The van der Waals surface area contributed by atoms with Crippen LogP contribution in [0.3, 0.4) is 0 Å². The monoisotopic (exact) mass is 866 g/mol. The van der Waals surface area contributed by atoms with Gasteiger partial charge in [0.15, 0.2) is 0 Å². The summed E-state index contributed by atoms with van der Waals surface area (Å²) in [6.45, 7) is 3.76. The molecule has 0 saturated carbocycles. The summed E-state index contributed by atoms with van der Waals surface area (Å²) in [5, 5.41) is 37.0. The Hall–Kier alpha value is -0.340. The van der Waals surface area contributed by atoms with E-state index in [0.717, 1.165) is 25.7 Å². The van der Waals surface area contributed by atoms with Gasteiger partial charge in [0, 0.05) is 7.14 Å². The summed E-state index contributed by atoms with van der Waals surface area (Å²) in [4.78, 5) is 0. The number of aliphatic hydroxyl groups excluding tert-OH is 4. The number of hydrogen-bond donors (Lipinski definition) is 6. The summed E-state index contributed by atoms with van der Waals surface area (Å²) in [6, 6.07) is 13.2. The molecule has 0 heterocycles. The first-order valence-corrected chi connectivity index (χ1v) is 19.8. The Balaban J connectivity index is 0.000000460. The second kappa shape index (κ2) is 25.6. The van der Waals surface area contributed by atoms with Crippen molar-refractivity contribution >= 4 is 45.2 Å². The van der Waals surface area contributed by atoms with Crippen LogP contribution in [0.15, 0.2) is 36.4 Å². The van der Waals surface area contributed by atoms with Crippen molar-refractivity contribution in [3.05, 3.63) is 65.8 Å². The van der Waals surface area contributed by atoms with E-state index < -0.39 is 11.1 Å². The Kier molecular flexibility index (Phi) is 24.3. The maximum atomic E-state index is 9.26. The molecule has 0 amide bonds. The Morgan fingerprint density at radius 2 is 0.870 bits per heavy atom. The van der Waals surface area contributed by atoms with Crippen LogP contribution in [0, 0.1) is 7.14 Å². The lowest BCUT2D eigenvalue weighted by Gasteiger charge is -2.24. The fraction of sp³-hybridized carbons (Fsp3) is 0.684. The zero-order valence-corrected chi connectivity index (χ0v) is 33.0. The van der Waals surface area contributed by atoms with Gasteiger partial charge >= 0.3 is 0 Å². The molecule has 46 heavy (non-hydrogen) atoms. The lowest BCUT2D eigenvalue weighted by atomic mass is 9.93. The van der Waals surface area contributed by atoms with Crippen molar-refractivity contribution in [2.24, 2.45) is 11.5 Å². The number of halogens is 2. The first-order chi connectivity index (χ1) is 22.1. The van der Waals surface area contributed by atoms with E-state index in [9.17, 15) is 20.4 Å². The molecular weight excluding hydrogens is 802 g/mol. The molecule has 2 aromatic rings. The van der Waals surface area contributed by atoms with E-state index in [1.165, 1.54) is 106 Å². The summed E-state index contributed by atoms with van der Waals surface area (Å²) in [5.74, 6) is 0. The first kappa shape index (κ1) is 43.7. The van der Waals surface area contributed by atoms with Crippen molar-refractivity contribution < 1.29 is 20.4 Å². The SMILES string of the molecule is CCCCCCCCc1ccc(CCC(N)(CO)CO)c(I)c1.CCCCCCCCc1ccc(CCC(N)(CO)CO)cc1I. The van der Waals surface area contributed by atoms with Crippen LogP contribution in [-0.4, -0.2) is 57.9 Å². The Morgan fingerprint density at radius 1 is 0.500 bits per heavy atom. The molecule has 8 N–H and O–H groups in total. The fourth-order valence-corrected chi connectivity index (χ4v) is 7.00. The van der Waals surface area contributed by atoms with Crippen LogP contribution in [0.5, 0.6) is 0 Å². The molecule has 2 rings (SSSR count). The maximum absolute atomic E-state index is 9.26. The fourth-order valence-electron chi connectivity index (χ4n) is 5.30. The molecule has 0 unspecified atom stereocenters. The van der Waals surface area contributed by atoms with Gasteiger partial charge in [0.2, 0.25) is 0 Å². The normalized spacial score (nSPS) is 11.9. The average molecular weight is 867 g/mol. The van der Waals surface area contributed by atoms with Crippen LogP contribution in [0.4, 0.5) is 0 Å². The first-order valence-electron chi connectivity index (χ1n) is 17.6. The molecule has 0 atom stereocenters. The minimum absolute atomic E-state index is 0.184. The zero-order valence-electron chi connectivity index (χ0n) is 28.7. The van der Waals surface area contributed by atoms with E-state index in [1.807, 2.05) is 0 Å². The summed E-state index contributed by atoms with van der Waals surface area (Å²) in [5.41, 5.74) is 15.4. The van der Waals surface area contributed by atoms with Gasteiger partial charge in [-0.05, 0) is 131 Å². The summed E-state index contributed by atoms with van der Waals surface area (Å²) >= 11 is 4.78. The molecule has 0 aliphatic heterocycles. The third kappa shape index (κ3) is 18.4. The van der Waals surface area contributed by atoms with Crippen LogP contribution in [0.1, 0.15) is 126 Å². The topological polar surface area (TPSA) is 133 Å². The predicted octanol–water partition coefficient (Wildman–Crippen LogP) is 7.62. The quantitative estimate of drug-likeness (QED) is 0.0476. The number of benzene rings is 2. The highest BCUT2D eigenvalue weighted by Crippen LogP contribution is 2.22. The molecule has 0 radical (unpaired) electrons. The van der Waals surface area contributed by atoms with Crippen LogP contribution in [0.2, 0.25) is 0 Å². The van der Waals surface area contributed by atoms with Gasteiger partial charge < -0.3 is 31.9 Å². The average Bonchev–Trinajstić information content (AvgIpc) is 3.07. The van der Waals surface area contributed by atoms with Gasteiger partial charge in [-0.2, -0.15) is 0 Å². The molecule has 0 aliphatic carbocycles. The summed E-state index contributed by atoms with van der Waals surface area (Å²) < 4.78 is 2.56. The highest BCUT2D eigenvalue weighted by molar-refractivity contribution is 14.1. The van der Waals surface area contributed by atoms with E-state index in [2.05, 4.69) is 95.4 Å². The third-order valence-corrected chi connectivity index (χ3v) is 10.9. The number of aryl methyl sites for hydroxylation is 4. The molecule has 8 heteroatoms. The largest absolute Gasteiger partial charge is 0.394 e. The molecule has 0 fully saturated rings. The zero-order chi connectivity index (χ0) is 34.3. The lowest BCUT2D eigenvalue weighted by Crippen LogP contribution is -2.47. The van der Waals surface area contributed by atoms with Crippen LogP contribution in [-0.2, 0) is 25.7 Å². The van der Waals surface area contributed by atoms with Crippen molar-refractivity contribution in [1.82, 2.24) is 0 Å². The molecule has 0 bridgehead atoms. The standard InChI is InChI=1S/2C19H32INO2/c1-2-3-4-5-6-7-8-17-10-9-16(13-18(17)20)11-12-19(21,14-22)15-23;1-2-3-4-5-6-7-8-16-9-10-17(18(20)13-16)11-12-19(21,14-22)15-23/h2*9-10,13,22-23H,2-8,11-12,14-15,21H2,1H3. The highest BCUT2D eigenvalue weighted by Gasteiger charge is 2.23. The molecule has 0 saturated heterocycles. The van der Waals surface area contributed by atoms with Crippen molar-refractivity contribution in [3.8, 4) is 0 Å². The molecule has 2 aromatic carbocycles. The minimum Gasteiger partial charge on any atom is -0.394 e. The molecule has 6 nitrogen and oxygen atoms in total. The van der Waals surface area contributed by atoms with Crippen molar-refractivity contribution in [2.75, 3.05) is 26.4 Å². The van der Waals surface area contributed by atoms with Gasteiger partial charge in [0.05, 0.1) is 37.5 Å². The summed E-state index contributed by atoms with van der Waals surface area (Å²) in [6.07, 6.45) is 21.0. The minimum atomic E-state index is -0.875. The molecule has 0 aromatic heterocycles. The second-order valence-corrected chi connectivity index (χ2v) is 15.6. The van der Waals surface area contributed by atoms with E-state index in [-0.39, 0.29) is 26.4 Å². The van der Waals surface area contributed by atoms with Gasteiger partial charge in [0.25, 0.3) is 0 Å². The number of hydrogen-bond acceptors (Lipinski definition) is 6.